The molecule has 0 bridgehead atoms. The maximum absolute atomic E-state index is 4.69. The topological polar surface area (TPSA) is 9.23 Å². The van der Waals surface area contributed by atoms with Crippen molar-refractivity contribution in [1.29, 1.82) is 0 Å². The first-order chi connectivity index (χ1) is 2.56. The molecule has 0 aliphatic carbocycles. The van der Waals surface area contributed by atoms with Crippen molar-refractivity contribution in [2.75, 3.05) is 0 Å². The van der Waals surface area contributed by atoms with Crippen molar-refractivity contribution in [3.8, 4) is 0 Å². The largest absolute Gasteiger partial charge is 1.00 e. The summed E-state index contributed by atoms with van der Waals surface area (Å²) in [4.78, 5) is 0. The minimum absolute atomic E-state index is 0. The van der Waals surface area contributed by atoms with Crippen LogP contribution in [0.5, 0.6) is 0 Å². The van der Waals surface area contributed by atoms with Gasteiger partial charge in [-0.1, -0.05) is 0 Å². The summed E-state index contributed by atoms with van der Waals surface area (Å²) in [5.41, 5.74) is -0.0694. The number of hydrogen-bond donors (Lipinski definition) is 0. The molecule has 0 heterocycles. The summed E-state index contributed by atoms with van der Waals surface area (Å²) < 4.78 is 4.69. The molecule has 3 heteroatoms. The summed E-state index contributed by atoms with van der Waals surface area (Å²) in [6, 6.07) is 0. The van der Waals surface area contributed by atoms with Crippen molar-refractivity contribution >= 4 is 0 Å². The monoisotopic (exact) mass is 164 g/mol. The summed E-state index contributed by atoms with van der Waals surface area (Å²) in [6.07, 6.45) is 0. The Balaban J connectivity index is 0. The standard InChI is InChI=1S/C4H9O.ClH.Fe/c1-4(2,3)5;;/h1-3H3;1H;/q-1;;+2/p-1. The molecule has 0 atom stereocenters. The molecule has 1 nitrogen and oxygen atoms in total. The van der Waals surface area contributed by atoms with E-state index in [9.17, 15) is 0 Å². The van der Waals surface area contributed by atoms with Gasteiger partial charge in [0.05, 0.1) is 0 Å². The van der Waals surface area contributed by atoms with E-state index in [0.717, 1.165) is 0 Å². The maximum atomic E-state index is 4.69. The van der Waals surface area contributed by atoms with Crippen LogP contribution in [0, 0.1) is 0 Å². The summed E-state index contributed by atoms with van der Waals surface area (Å²) in [6.45, 7) is 5.88. The Morgan fingerprint density at radius 1 is 1.29 bits per heavy atom. The van der Waals surface area contributed by atoms with E-state index >= 15 is 0 Å². The molecule has 0 radical (unpaired) electrons. The van der Waals surface area contributed by atoms with Gasteiger partial charge in [-0.2, -0.15) is 0 Å². The molecule has 0 saturated carbocycles. The van der Waals surface area contributed by atoms with E-state index in [-0.39, 0.29) is 18.0 Å². The molecule has 0 aliphatic heterocycles. The van der Waals surface area contributed by atoms with E-state index in [1.807, 2.05) is 20.8 Å². The molecule has 0 fully saturated rings. The SMILES string of the molecule is CC(C)(C)[O][Fe+].[Cl-]. The molecular formula is C4H9ClFeO. The number of hydrogen-bond acceptors (Lipinski definition) is 1. The van der Waals surface area contributed by atoms with Crippen molar-refractivity contribution in [3.05, 3.63) is 0 Å². The third kappa shape index (κ3) is 10.8. The van der Waals surface area contributed by atoms with Gasteiger partial charge in [-0.25, -0.2) is 0 Å². The molecule has 46 valence electrons. The van der Waals surface area contributed by atoms with Crippen LogP contribution in [0.3, 0.4) is 0 Å². The predicted molar refractivity (Wildman–Crippen MR) is 20.8 cm³/mol. The first-order valence-corrected chi connectivity index (χ1v) is 2.30. The molecule has 0 spiro atoms. The molecule has 0 amide bonds. The van der Waals surface area contributed by atoms with Crippen LogP contribution >= 0.6 is 0 Å². The van der Waals surface area contributed by atoms with Gasteiger partial charge in [-0.15, -0.1) is 0 Å². The second-order valence-corrected chi connectivity index (χ2v) is 2.41. The zero-order valence-corrected chi connectivity index (χ0v) is 6.50. The second-order valence-electron chi connectivity index (χ2n) is 2.18. The van der Waals surface area contributed by atoms with Crippen molar-refractivity contribution in [1.82, 2.24) is 0 Å². The average Bonchev–Trinajstić information content (AvgIpc) is 1.35. The van der Waals surface area contributed by atoms with E-state index in [1.165, 1.54) is 0 Å². The molecule has 7 heavy (non-hydrogen) atoms. The van der Waals surface area contributed by atoms with E-state index in [2.05, 4.69) is 20.2 Å². The van der Waals surface area contributed by atoms with Crippen LogP contribution < -0.4 is 12.4 Å². The molecule has 0 rings (SSSR count). The maximum Gasteiger partial charge on any atom is -1.00 e. The van der Waals surface area contributed by atoms with Crippen LogP contribution in [0.4, 0.5) is 0 Å². The van der Waals surface area contributed by atoms with Crippen LogP contribution in [0.15, 0.2) is 0 Å². The third-order valence-electron chi connectivity index (χ3n) is 0.217. The summed E-state index contributed by atoms with van der Waals surface area (Å²) in [5.74, 6) is 0. The fourth-order valence-corrected chi connectivity index (χ4v) is 0. The zero-order valence-electron chi connectivity index (χ0n) is 4.64. The fraction of sp³-hybridized carbons (Fsp3) is 1.00. The quantitative estimate of drug-likeness (QED) is 0.387. The second kappa shape index (κ2) is 3.73. The van der Waals surface area contributed by atoms with Crippen molar-refractivity contribution in [2.45, 2.75) is 26.4 Å². The smallest absolute Gasteiger partial charge is 1.00 e. The Morgan fingerprint density at radius 3 is 1.43 bits per heavy atom. The summed E-state index contributed by atoms with van der Waals surface area (Å²) in [7, 11) is 0. The Bertz CT molecular complexity index is 41.4. The summed E-state index contributed by atoms with van der Waals surface area (Å²) in [5, 5.41) is 0. The molecule has 0 saturated heterocycles. The Labute approximate surface area is 59.4 Å². The van der Waals surface area contributed by atoms with Gasteiger partial charge in [-0.3, -0.25) is 0 Å². The molecule has 0 aromatic carbocycles. The van der Waals surface area contributed by atoms with Crippen LogP contribution in [0.2, 0.25) is 0 Å². The van der Waals surface area contributed by atoms with Gasteiger partial charge in [0, 0.05) is 0 Å². The Morgan fingerprint density at radius 2 is 1.43 bits per heavy atom. The van der Waals surface area contributed by atoms with Gasteiger partial charge in [0.15, 0.2) is 0 Å². The van der Waals surface area contributed by atoms with Gasteiger partial charge in [-0.05, 0) is 0 Å². The molecule has 0 unspecified atom stereocenters. The van der Waals surface area contributed by atoms with Crippen LogP contribution in [0.25, 0.3) is 0 Å². The molecular weight excluding hydrogens is 155 g/mol. The molecule has 0 aromatic heterocycles. The van der Waals surface area contributed by atoms with Crippen LogP contribution in [0.1, 0.15) is 20.8 Å². The van der Waals surface area contributed by atoms with Crippen molar-refractivity contribution in [3.63, 3.8) is 0 Å². The fourth-order valence-electron chi connectivity index (χ4n) is 0. The van der Waals surface area contributed by atoms with Gasteiger partial charge in [0.25, 0.3) is 0 Å². The van der Waals surface area contributed by atoms with Gasteiger partial charge in [0.2, 0.25) is 0 Å². The molecule has 0 aliphatic rings. The third-order valence-corrected chi connectivity index (χ3v) is 0.893. The van der Waals surface area contributed by atoms with Crippen LogP contribution in [-0.4, -0.2) is 5.60 Å². The van der Waals surface area contributed by atoms with Crippen molar-refractivity contribution < 1.29 is 32.6 Å². The Kier molecular flexibility index (Phi) is 5.70. The van der Waals surface area contributed by atoms with Crippen molar-refractivity contribution in [2.24, 2.45) is 0 Å². The first-order valence-electron chi connectivity index (χ1n) is 1.85. The summed E-state index contributed by atoms with van der Waals surface area (Å²) >= 11 is 3.26. The number of rotatable bonds is 0. The van der Waals surface area contributed by atoms with E-state index in [1.54, 1.807) is 0 Å². The molecule has 0 N–H and O–H groups in total. The van der Waals surface area contributed by atoms with E-state index in [4.69, 9.17) is 0 Å². The Hall–Kier alpha value is 0.769. The number of halogens is 1. The molecule has 0 aromatic rings. The predicted octanol–water partition coefficient (Wildman–Crippen LogP) is -1.73. The average molecular weight is 164 g/mol. The van der Waals surface area contributed by atoms with Crippen LogP contribution in [-0.2, 0) is 20.2 Å². The van der Waals surface area contributed by atoms with Gasteiger partial charge in [0.1, 0.15) is 0 Å². The normalized spacial score (nSPS) is 10.3. The zero-order chi connectivity index (χ0) is 5.21. The minimum atomic E-state index is -0.0694. The van der Waals surface area contributed by atoms with E-state index < -0.39 is 0 Å². The van der Waals surface area contributed by atoms with E-state index in [0.29, 0.717) is 0 Å². The minimum Gasteiger partial charge on any atom is -1.00 e. The first kappa shape index (κ1) is 10.7. The van der Waals surface area contributed by atoms with Gasteiger partial charge < -0.3 is 12.4 Å². The van der Waals surface area contributed by atoms with Gasteiger partial charge >= 0.3 is 46.5 Å².